The Labute approximate surface area is 190 Å². The van der Waals surface area contributed by atoms with Gasteiger partial charge in [-0.25, -0.2) is 0 Å². The van der Waals surface area contributed by atoms with Crippen LogP contribution in [-0.4, -0.2) is 46.8 Å². The Kier molecular flexibility index (Phi) is 5.15. The van der Waals surface area contributed by atoms with Gasteiger partial charge in [-0.2, -0.15) is 0 Å². The van der Waals surface area contributed by atoms with Gasteiger partial charge in [0, 0.05) is 11.8 Å². The molecule has 0 spiro atoms. The van der Waals surface area contributed by atoms with Crippen molar-refractivity contribution in [1.82, 2.24) is 4.90 Å². The van der Waals surface area contributed by atoms with Gasteiger partial charge in [-0.15, -0.1) is 0 Å². The predicted molar refractivity (Wildman–Crippen MR) is 115 cm³/mol. The lowest BCUT2D eigenvalue weighted by molar-refractivity contribution is -0.138. The molecule has 4 unspecified atom stereocenters. The fraction of sp³-hybridized carbons (Fsp3) is 0.360. The van der Waals surface area contributed by atoms with Crippen molar-refractivity contribution in [1.29, 1.82) is 0 Å². The highest BCUT2D eigenvalue weighted by Crippen LogP contribution is 2.45. The van der Waals surface area contributed by atoms with Crippen LogP contribution in [0.4, 0.5) is 0 Å². The van der Waals surface area contributed by atoms with Crippen LogP contribution in [0.25, 0.3) is 0 Å². The van der Waals surface area contributed by atoms with E-state index in [1.54, 1.807) is 42.5 Å². The number of hydrogen-bond donors (Lipinski definition) is 1. The van der Waals surface area contributed by atoms with Crippen molar-refractivity contribution in [3.8, 4) is 11.5 Å². The highest BCUT2D eigenvalue weighted by molar-refractivity contribution is 6.21. The Hall–Kier alpha value is -3.68. The summed E-state index contributed by atoms with van der Waals surface area (Å²) < 4.78 is 11.5. The second kappa shape index (κ2) is 8.03. The lowest BCUT2D eigenvalue weighted by Crippen LogP contribution is -2.35. The molecule has 2 saturated carbocycles. The maximum Gasteiger partial charge on any atom is 0.305 e. The van der Waals surface area contributed by atoms with E-state index in [4.69, 9.17) is 9.47 Å². The largest absolute Gasteiger partial charge is 0.493 e. The second-order valence-corrected chi connectivity index (χ2v) is 8.76. The molecule has 1 heterocycles. The quantitative estimate of drug-likeness (QED) is 0.646. The third-order valence-corrected chi connectivity index (χ3v) is 6.92. The van der Waals surface area contributed by atoms with Crippen molar-refractivity contribution in [2.24, 2.45) is 11.8 Å². The molecule has 170 valence electrons. The topological polar surface area (TPSA) is 110 Å². The number of carboxylic acid groups (broad SMARTS) is 1. The minimum atomic E-state index is -1.15. The molecule has 1 aliphatic heterocycles. The van der Waals surface area contributed by atoms with E-state index in [1.807, 2.05) is 0 Å². The highest BCUT2D eigenvalue weighted by Gasteiger charge is 2.48. The van der Waals surface area contributed by atoms with E-state index in [1.165, 1.54) is 7.11 Å². The van der Waals surface area contributed by atoms with Gasteiger partial charge >= 0.3 is 5.97 Å². The lowest BCUT2D eigenvalue weighted by atomic mass is 9.96. The number of fused-ring (bicyclic) bond motifs is 3. The van der Waals surface area contributed by atoms with Gasteiger partial charge in [-0.3, -0.25) is 24.1 Å². The molecule has 5 rings (SSSR count). The monoisotopic (exact) mass is 449 g/mol. The van der Waals surface area contributed by atoms with Crippen molar-refractivity contribution < 1.29 is 33.8 Å². The number of rotatable bonds is 7. The summed E-state index contributed by atoms with van der Waals surface area (Å²) in [6.45, 7) is 0. The smallest absolute Gasteiger partial charge is 0.305 e. The fourth-order valence-corrected chi connectivity index (χ4v) is 5.31. The van der Waals surface area contributed by atoms with Crippen LogP contribution in [0.5, 0.6) is 11.5 Å². The Balaban J connectivity index is 1.51. The molecule has 2 aliphatic carbocycles. The van der Waals surface area contributed by atoms with Gasteiger partial charge < -0.3 is 14.6 Å². The van der Waals surface area contributed by atoms with Crippen LogP contribution in [0.3, 0.4) is 0 Å². The van der Waals surface area contributed by atoms with E-state index in [9.17, 15) is 24.3 Å². The van der Waals surface area contributed by atoms with Crippen LogP contribution in [0.2, 0.25) is 0 Å². The first-order chi connectivity index (χ1) is 15.9. The summed E-state index contributed by atoms with van der Waals surface area (Å²) in [6.07, 6.45) is 1.61. The SMILES string of the molecule is COc1ccc(C(CC(=O)O)N2C(=O)c3ccccc3C2=O)cc1OC1C(=O)C2CCC1C2. The van der Waals surface area contributed by atoms with Crippen molar-refractivity contribution in [2.75, 3.05) is 7.11 Å². The Morgan fingerprint density at radius 1 is 1.06 bits per heavy atom. The number of carbonyl (C=O) groups excluding carboxylic acids is 3. The molecule has 4 atom stereocenters. The van der Waals surface area contributed by atoms with Crippen LogP contribution in [0, 0.1) is 11.8 Å². The van der Waals surface area contributed by atoms with Gasteiger partial charge in [-0.1, -0.05) is 18.2 Å². The number of ether oxygens (including phenoxy) is 2. The maximum atomic E-state index is 13.0. The molecule has 3 aliphatic rings. The summed E-state index contributed by atoms with van der Waals surface area (Å²) in [5, 5.41) is 9.55. The predicted octanol–water partition coefficient (Wildman–Crippen LogP) is 3.25. The lowest BCUT2D eigenvalue weighted by Gasteiger charge is -2.27. The normalized spacial score (nSPS) is 24.2. The third-order valence-electron chi connectivity index (χ3n) is 6.92. The zero-order chi connectivity index (χ0) is 23.3. The number of amides is 2. The standard InChI is InChI=1S/C25H23NO7/c1-32-19-9-8-13(11-20(19)33-23-15-7-6-14(10-15)22(23)29)18(12-21(27)28)26-24(30)16-4-2-3-5-17(16)25(26)31/h2-5,8-9,11,14-15,18,23H,6-7,10,12H2,1H3,(H,27,28). The molecule has 0 saturated heterocycles. The third kappa shape index (κ3) is 3.46. The highest BCUT2D eigenvalue weighted by atomic mass is 16.5. The molecular formula is C25H23NO7. The van der Waals surface area contributed by atoms with E-state index in [0.717, 1.165) is 24.2 Å². The zero-order valence-corrected chi connectivity index (χ0v) is 18.0. The molecule has 2 aromatic carbocycles. The molecule has 2 fully saturated rings. The Bertz CT molecular complexity index is 1140. The van der Waals surface area contributed by atoms with Gasteiger partial charge in [0.2, 0.25) is 0 Å². The van der Waals surface area contributed by atoms with Crippen molar-refractivity contribution in [2.45, 2.75) is 37.8 Å². The van der Waals surface area contributed by atoms with E-state index < -0.39 is 36.4 Å². The van der Waals surface area contributed by atoms with Crippen LogP contribution >= 0.6 is 0 Å². The molecule has 8 heteroatoms. The zero-order valence-electron chi connectivity index (χ0n) is 18.0. The first-order valence-electron chi connectivity index (χ1n) is 11.0. The fourth-order valence-electron chi connectivity index (χ4n) is 5.31. The number of methoxy groups -OCH3 is 1. The molecule has 0 radical (unpaired) electrons. The molecular weight excluding hydrogens is 426 g/mol. The van der Waals surface area contributed by atoms with E-state index >= 15 is 0 Å². The van der Waals surface area contributed by atoms with Gasteiger partial charge in [0.05, 0.1) is 30.7 Å². The number of hydrogen-bond acceptors (Lipinski definition) is 6. The van der Waals surface area contributed by atoms with Crippen molar-refractivity contribution in [3.63, 3.8) is 0 Å². The first kappa shape index (κ1) is 21.2. The number of carboxylic acids is 1. The Morgan fingerprint density at radius 2 is 1.76 bits per heavy atom. The summed E-state index contributed by atoms with van der Waals surface area (Å²) >= 11 is 0. The van der Waals surface area contributed by atoms with Gasteiger partial charge in [0.25, 0.3) is 11.8 Å². The molecule has 1 N–H and O–H groups in total. The van der Waals surface area contributed by atoms with Crippen LogP contribution in [-0.2, 0) is 9.59 Å². The van der Waals surface area contributed by atoms with E-state index in [-0.39, 0.29) is 28.7 Å². The van der Waals surface area contributed by atoms with Gasteiger partial charge in [0.1, 0.15) is 0 Å². The van der Waals surface area contributed by atoms with Crippen molar-refractivity contribution >= 4 is 23.6 Å². The molecule has 0 aromatic heterocycles. The second-order valence-electron chi connectivity index (χ2n) is 8.76. The molecule has 33 heavy (non-hydrogen) atoms. The number of Topliss-reactive ketones (excluding diaryl/α,β-unsaturated/α-hetero) is 1. The minimum Gasteiger partial charge on any atom is -0.493 e. The molecule has 2 bridgehead atoms. The summed E-state index contributed by atoms with van der Waals surface area (Å²) in [7, 11) is 1.48. The van der Waals surface area contributed by atoms with Crippen molar-refractivity contribution in [3.05, 3.63) is 59.2 Å². The number of nitrogens with zero attached hydrogens (tertiary/aromatic N) is 1. The number of imide groups is 1. The van der Waals surface area contributed by atoms with Crippen LogP contribution in [0.15, 0.2) is 42.5 Å². The summed E-state index contributed by atoms with van der Waals surface area (Å²) in [6, 6.07) is 10.2. The number of ketones is 1. The number of carbonyl (C=O) groups is 4. The average molecular weight is 449 g/mol. The van der Waals surface area contributed by atoms with Crippen LogP contribution in [0.1, 0.15) is 58.0 Å². The molecule has 8 nitrogen and oxygen atoms in total. The van der Waals surface area contributed by atoms with E-state index in [0.29, 0.717) is 17.1 Å². The van der Waals surface area contributed by atoms with Gasteiger partial charge in [0.15, 0.2) is 23.4 Å². The number of benzene rings is 2. The molecule has 2 amide bonds. The minimum absolute atomic E-state index is 0.0345. The first-order valence-corrected chi connectivity index (χ1v) is 11.0. The van der Waals surface area contributed by atoms with E-state index in [2.05, 4.69) is 0 Å². The van der Waals surface area contributed by atoms with Crippen LogP contribution < -0.4 is 9.47 Å². The summed E-state index contributed by atoms with van der Waals surface area (Å²) in [4.78, 5) is 51.4. The summed E-state index contributed by atoms with van der Waals surface area (Å²) in [5.41, 5.74) is 0.907. The average Bonchev–Trinajstić information content (AvgIpc) is 3.47. The summed E-state index contributed by atoms with van der Waals surface area (Å²) in [5.74, 6) is -1.26. The maximum absolute atomic E-state index is 13.0. The Morgan fingerprint density at radius 3 is 2.33 bits per heavy atom. The molecule has 2 aromatic rings. The number of aliphatic carboxylic acids is 1. The van der Waals surface area contributed by atoms with Gasteiger partial charge in [-0.05, 0) is 49.1 Å².